The van der Waals surface area contributed by atoms with Crippen LogP contribution in [0.25, 0.3) is 16.9 Å². The number of fused-ring (bicyclic) bond motifs is 1. The Morgan fingerprint density at radius 2 is 2.25 bits per heavy atom. The molecule has 0 radical (unpaired) electrons. The zero-order valence-electron chi connectivity index (χ0n) is 9.04. The highest BCUT2D eigenvalue weighted by atomic mass is 15.3. The van der Waals surface area contributed by atoms with Gasteiger partial charge in [-0.25, -0.2) is 4.52 Å². The van der Waals surface area contributed by atoms with Crippen LogP contribution in [0.5, 0.6) is 0 Å². The van der Waals surface area contributed by atoms with Gasteiger partial charge in [-0.2, -0.15) is 5.10 Å². The van der Waals surface area contributed by atoms with E-state index in [1.807, 2.05) is 35.2 Å². The van der Waals surface area contributed by atoms with Gasteiger partial charge in [-0.15, -0.1) is 0 Å². The summed E-state index contributed by atoms with van der Waals surface area (Å²) in [6.45, 7) is 3.07. The molecule has 0 saturated carbocycles. The number of nitrogens with zero attached hydrogens (tertiary/aromatic N) is 4. The standard InChI is InChI=1S/C12H12N4/c1-2-15-6-7-16-12(15)8-11(14-16)10-4-3-5-13-9-10/h3-9H,2H2,1H3. The van der Waals surface area contributed by atoms with E-state index in [0.717, 1.165) is 23.4 Å². The molecule has 0 aromatic carbocycles. The third-order valence-corrected chi connectivity index (χ3v) is 2.70. The number of rotatable bonds is 2. The molecule has 3 heterocycles. The first kappa shape index (κ1) is 9.15. The van der Waals surface area contributed by atoms with Crippen molar-refractivity contribution in [2.75, 3.05) is 0 Å². The average Bonchev–Trinajstić information content (AvgIpc) is 2.89. The van der Waals surface area contributed by atoms with E-state index in [1.165, 1.54) is 0 Å². The summed E-state index contributed by atoms with van der Waals surface area (Å²) in [6, 6.07) is 6.03. The van der Waals surface area contributed by atoms with Gasteiger partial charge in [0.15, 0.2) is 0 Å². The lowest BCUT2D eigenvalue weighted by Gasteiger charge is -1.94. The van der Waals surface area contributed by atoms with Crippen molar-refractivity contribution in [3.8, 4) is 11.3 Å². The SMILES string of the molecule is CCn1ccn2nc(-c3cccnc3)cc12. The third kappa shape index (κ3) is 1.31. The molecule has 0 aliphatic heterocycles. The fourth-order valence-corrected chi connectivity index (χ4v) is 1.85. The van der Waals surface area contributed by atoms with Gasteiger partial charge in [-0.3, -0.25) is 4.98 Å². The van der Waals surface area contributed by atoms with Crippen molar-refractivity contribution in [2.24, 2.45) is 0 Å². The number of imidazole rings is 1. The van der Waals surface area contributed by atoms with Crippen LogP contribution in [-0.4, -0.2) is 19.2 Å². The average molecular weight is 212 g/mol. The van der Waals surface area contributed by atoms with Crippen LogP contribution in [-0.2, 0) is 6.54 Å². The lowest BCUT2D eigenvalue weighted by Crippen LogP contribution is -1.90. The number of aromatic nitrogens is 4. The highest BCUT2D eigenvalue weighted by molar-refractivity contribution is 5.63. The second-order valence-corrected chi connectivity index (χ2v) is 3.66. The Hall–Kier alpha value is -2.10. The summed E-state index contributed by atoms with van der Waals surface area (Å²) in [4.78, 5) is 4.10. The molecule has 0 atom stereocenters. The van der Waals surface area contributed by atoms with Gasteiger partial charge in [0.25, 0.3) is 0 Å². The van der Waals surface area contributed by atoms with E-state index < -0.39 is 0 Å². The van der Waals surface area contributed by atoms with E-state index in [1.54, 1.807) is 6.20 Å². The van der Waals surface area contributed by atoms with E-state index >= 15 is 0 Å². The Morgan fingerprint density at radius 1 is 1.31 bits per heavy atom. The maximum absolute atomic E-state index is 4.51. The molecule has 16 heavy (non-hydrogen) atoms. The first-order chi connectivity index (χ1) is 7.88. The number of aryl methyl sites for hydroxylation is 1. The van der Waals surface area contributed by atoms with Crippen molar-refractivity contribution in [1.29, 1.82) is 0 Å². The van der Waals surface area contributed by atoms with Crippen molar-refractivity contribution >= 4 is 5.65 Å². The van der Waals surface area contributed by atoms with Crippen molar-refractivity contribution in [3.63, 3.8) is 0 Å². The minimum Gasteiger partial charge on any atom is -0.332 e. The summed E-state index contributed by atoms with van der Waals surface area (Å²) in [5.74, 6) is 0. The van der Waals surface area contributed by atoms with Gasteiger partial charge in [0.2, 0.25) is 0 Å². The summed E-state index contributed by atoms with van der Waals surface area (Å²) in [6.07, 6.45) is 7.61. The minimum atomic E-state index is 0.953. The second-order valence-electron chi connectivity index (χ2n) is 3.66. The van der Waals surface area contributed by atoms with Crippen molar-refractivity contribution < 1.29 is 0 Å². The highest BCUT2D eigenvalue weighted by Gasteiger charge is 2.06. The third-order valence-electron chi connectivity index (χ3n) is 2.70. The number of pyridine rings is 1. The molecule has 0 amide bonds. The maximum atomic E-state index is 4.51. The van der Waals surface area contributed by atoms with Gasteiger partial charge < -0.3 is 4.57 Å². The fourth-order valence-electron chi connectivity index (χ4n) is 1.85. The monoisotopic (exact) mass is 212 g/mol. The Bertz CT molecular complexity index is 606. The normalized spacial score (nSPS) is 11.1. The van der Waals surface area contributed by atoms with E-state index in [2.05, 4.69) is 27.6 Å². The molecule has 0 aliphatic carbocycles. The molecule has 0 unspecified atom stereocenters. The summed E-state index contributed by atoms with van der Waals surface area (Å²) in [5.41, 5.74) is 3.13. The number of hydrogen-bond acceptors (Lipinski definition) is 2. The Kier molecular flexibility index (Phi) is 1.99. The van der Waals surface area contributed by atoms with Crippen LogP contribution in [0.15, 0.2) is 43.0 Å². The molecule has 3 aromatic rings. The zero-order chi connectivity index (χ0) is 11.0. The molecule has 3 aromatic heterocycles. The molecule has 0 spiro atoms. The summed E-state index contributed by atoms with van der Waals surface area (Å²) in [5, 5.41) is 4.51. The predicted molar refractivity (Wildman–Crippen MR) is 62.1 cm³/mol. The van der Waals surface area contributed by atoms with E-state index in [-0.39, 0.29) is 0 Å². The molecule has 4 nitrogen and oxygen atoms in total. The molecular formula is C12H12N4. The van der Waals surface area contributed by atoms with Crippen molar-refractivity contribution in [2.45, 2.75) is 13.5 Å². The summed E-state index contributed by atoms with van der Waals surface area (Å²) in [7, 11) is 0. The second kappa shape index (κ2) is 3.48. The molecule has 0 fully saturated rings. The predicted octanol–water partition coefficient (Wildman–Crippen LogP) is 2.22. The summed E-state index contributed by atoms with van der Waals surface area (Å²) < 4.78 is 4.05. The lowest BCUT2D eigenvalue weighted by molar-refractivity contribution is 0.789. The molecule has 80 valence electrons. The smallest absolute Gasteiger partial charge is 0.136 e. The number of hydrogen-bond donors (Lipinski definition) is 0. The molecule has 0 saturated heterocycles. The molecule has 0 N–H and O–H groups in total. The fraction of sp³-hybridized carbons (Fsp3) is 0.167. The molecule has 0 bridgehead atoms. The van der Waals surface area contributed by atoms with Gasteiger partial charge in [0.05, 0.1) is 5.69 Å². The first-order valence-corrected chi connectivity index (χ1v) is 5.33. The maximum Gasteiger partial charge on any atom is 0.136 e. The van der Waals surface area contributed by atoms with E-state index in [9.17, 15) is 0 Å². The van der Waals surface area contributed by atoms with Gasteiger partial charge in [-0.1, -0.05) is 0 Å². The van der Waals surface area contributed by atoms with Crippen LogP contribution in [0.1, 0.15) is 6.92 Å². The Morgan fingerprint density at radius 3 is 3.00 bits per heavy atom. The van der Waals surface area contributed by atoms with Crippen LogP contribution in [0.4, 0.5) is 0 Å². The van der Waals surface area contributed by atoms with Crippen LogP contribution < -0.4 is 0 Å². The highest BCUT2D eigenvalue weighted by Crippen LogP contribution is 2.18. The summed E-state index contributed by atoms with van der Waals surface area (Å²) >= 11 is 0. The Balaban J connectivity index is 2.16. The van der Waals surface area contributed by atoms with Gasteiger partial charge in [0, 0.05) is 43.0 Å². The molecule has 0 aliphatic rings. The topological polar surface area (TPSA) is 35.1 Å². The van der Waals surface area contributed by atoms with Gasteiger partial charge >= 0.3 is 0 Å². The van der Waals surface area contributed by atoms with Crippen LogP contribution in [0, 0.1) is 0 Å². The van der Waals surface area contributed by atoms with E-state index in [4.69, 9.17) is 0 Å². The molecule has 3 rings (SSSR count). The quantitative estimate of drug-likeness (QED) is 0.653. The lowest BCUT2D eigenvalue weighted by atomic mass is 10.2. The van der Waals surface area contributed by atoms with Gasteiger partial charge in [-0.05, 0) is 19.1 Å². The van der Waals surface area contributed by atoms with Crippen molar-refractivity contribution in [1.82, 2.24) is 19.2 Å². The first-order valence-electron chi connectivity index (χ1n) is 5.33. The molecular weight excluding hydrogens is 200 g/mol. The Labute approximate surface area is 93.2 Å². The van der Waals surface area contributed by atoms with Crippen LogP contribution >= 0.6 is 0 Å². The zero-order valence-corrected chi connectivity index (χ0v) is 9.04. The molecule has 4 heteroatoms. The van der Waals surface area contributed by atoms with Crippen LogP contribution in [0.3, 0.4) is 0 Å². The van der Waals surface area contributed by atoms with E-state index in [0.29, 0.717) is 0 Å². The van der Waals surface area contributed by atoms with Crippen LogP contribution in [0.2, 0.25) is 0 Å². The largest absolute Gasteiger partial charge is 0.332 e. The minimum absolute atomic E-state index is 0.953. The van der Waals surface area contributed by atoms with Crippen molar-refractivity contribution in [3.05, 3.63) is 43.0 Å². The van der Waals surface area contributed by atoms with Gasteiger partial charge in [0.1, 0.15) is 5.65 Å².